The number of carbonyl (C=O) groups excluding carboxylic acids is 1. The summed E-state index contributed by atoms with van der Waals surface area (Å²) in [6.07, 6.45) is 2.44. The molecule has 0 atom stereocenters. The number of hydrogen-bond acceptors (Lipinski definition) is 3. The van der Waals surface area contributed by atoms with Crippen molar-refractivity contribution < 1.29 is 9.18 Å². The number of nitrogens with zero attached hydrogens (tertiary/aromatic N) is 1. The third-order valence-corrected chi connectivity index (χ3v) is 3.74. The Kier molecular flexibility index (Phi) is 4.43. The van der Waals surface area contributed by atoms with Crippen LogP contribution in [0.4, 0.5) is 4.39 Å². The molecular formula is C12H10BrFN2OS. The van der Waals surface area contributed by atoms with Gasteiger partial charge in [0.1, 0.15) is 5.82 Å². The van der Waals surface area contributed by atoms with Crippen LogP contribution in [-0.2, 0) is 6.42 Å². The van der Waals surface area contributed by atoms with Crippen molar-refractivity contribution in [2.75, 3.05) is 6.54 Å². The van der Waals surface area contributed by atoms with E-state index in [9.17, 15) is 9.18 Å². The highest BCUT2D eigenvalue weighted by Gasteiger charge is 2.08. The second-order valence-electron chi connectivity index (χ2n) is 3.56. The van der Waals surface area contributed by atoms with Crippen LogP contribution in [0.2, 0.25) is 0 Å². The van der Waals surface area contributed by atoms with Crippen LogP contribution < -0.4 is 5.32 Å². The fraction of sp³-hybridized carbons (Fsp3) is 0.167. The van der Waals surface area contributed by atoms with E-state index in [1.165, 1.54) is 18.2 Å². The molecule has 2 rings (SSSR count). The SMILES string of the molecule is O=C(NCCc1nccs1)c1ccc(F)c(Br)c1. The third kappa shape index (κ3) is 3.36. The highest BCUT2D eigenvalue weighted by Crippen LogP contribution is 2.16. The Labute approximate surface area is 116 Å². The summed E-state index contributed by atoms with van der Waals surface area (Å²) in [6, 6.07) is 4.19. The number of nitrogens with one attached hydrogen (secondary N) is 1. The summed E-state index contributed by atoms with van der Waals surface area (Å²) in [5.74, 6) is -0.596. The van der Waals surface area contributed by atoms with Gasteiger partial charge in [0.2, 0.25) is 0 Å². The lowest BCUT2D eigenvalue weighted by Crippen LogP contribution is -2.25. The van der Waals surface area contributed by atoms with Gasteiger partial charge in [-0.05, 0) is 34.1 Å². The lowest BCUT2D eigenvalue weighted by atomic mass is 10.2. The number of halogens is 2. The van der Waals surface area contributed by atoms with Crippen molar-refractivity contribution in [1.82, 2.24) is 10.3 Å². The monoisotopic (exact) mass is 328 g/mol. The number of carbonyl (C=O) groups is 1. The highest BCUT2D eigenvalue weighted by atomic mass is 79.9. The molecule has 1 heterocycles. The first kappa shape index (κ1) is 13.2. The quantitative estimate of drug-likeness (QED) is 0.937. The lowest BCUT2D eigenvalue weighted by molar-refractivity contribution is 0.0954. The molecule has 1 aromatic carbocycles. The molecule has 18 heavy (non-hydrogen) atoms. The minimum atomic E-state index is -0.380. The fourth-order valence-corrected chi connectivity index (χ4v) is 2.40. The van der Waals surface area contributed by atoms with Crippen LogP contribution in [0.1, 0.15) is 15.4 Å². The molecule has 1 amide bonds. The molecule has 0 fully saturated rings. The van der Waals surface area contributed by atoms with E-state index in [-0.39, 0.29) is 16.2 Å². The minimum Gasteiger partial charge on any atom is -0.352 e. The standard InChI is InChI=1S/C12H10BrFN2OS/c13-9-7-8(1-2-10(9)14)12(17)16-4-3-11-15-5-6-18-11/h1-2,5-7H,3-4H2,(H,16,17). The van der Waals surface area contributed by atoms with Gasteiger partial charge in [0.05, 0.1) is 9.48 Å². The van der Waals surface area contributed by atoms with E-state index in [1.54, 1.807) is 17.5 Å². The van der Waals surface area contributed by atoms with Gasteiger partial charge in [-0.25, -0.2) is 9.37 Å². The van der Waals surface area contributed by atoms with Gasteiger partial charge in [-0.15, -0.1) is 11.3 Å². The van der Waals surface area contributed by atoms with Crippen molar-refractivity contribution in [3.05, 3.63) is 50.6 Å². The van der Waals surface area contributed by atoms with Crippen molar-refractivity contribution in [2.45, 2.75) is 6.42 Å². The van der Waals surface area contributed by atoms with Gasteiger partial charge in [-0.3, -0.25) is 4.79 Å². The predicted octanol–water partition coefficient (Wildman–Crippen LogP) is 3.02. The van der Waals surface area contributed by atoms with Crippen LogP contribution in [0.25, 0.3) is 0 Å². The molecule has 1 aromatic heterocycles. The number of thiazole rings is 1. The zero-order valence-corrected chi connectivity index (χ0v) is 11.7. The molecule has 2 aromatic rings. The molecule has 94 valence electrons. The van der Waals surface area contributed by atoms with Gasteiger partial charge in [0.25, 0.3) is 5.91 Å². The van der Waals surface area contributed by atoms with E-state index in [4.69, 9.17) is 0 Å². The molecule has 0 bridgehead atoms. The van der Waals surface area contributed by atoms with Crippen LogP contribution in [0, 0.1) is 5.82 Å². The second-order valence-corrected chi connectivity index (χ2v) is 5.39. The smallest absolute Gasteiger partial charge is 0.251 e. The number of hydrogen-bond donors (Lipinski definition) is 1. The Morgan fingerprint density at radius 2 is 2.33 bits per heavy atom. The van der Waals surface area contributed by atoms with Gasteiger partial charge < -0.3 is 5.32 Å². The number of aromatic nitrogens is 1. The molecule has 0 aliphatic rings. The Balaban J connectivity index is 1.89. The van der Waals surface area contributed by atoms with Crippen LogP contribution in [0.15, 0.2) is 34.2 Å². The average molecular weight is 329 g/mol. The maximum absolute atomic E-state index is 13.0. The summed E-state index contributed by atoms with van der Waals surface area (Å²) in [7, 11) is 0. The predicted molar refractivity (Wildman–Crippen MR) is 72.3 cm³/mol. The van der Waals surface area contributed by atoms with Crippen molar-refractivity contribution in [3.8, 4) is 0 Å². The minimum absolute atomic E-state index is 0.216. The van der Waals surface area contributed by atoms with Gasteiger partial charge in [0.15, 0.2) is 0 Å². The van der Waals surface area contributed by atoms with Crippen molar-refractivity contribution in [2.24, 2.45) is 0 Å². The Morgan fingerprint density at radius 1 is 1.50 bits per heavy atom. The van der Waals surface area contributed by atoms with E-state index in [0.717, 1.165) is 5.01 Å². The molecule has 0 aliphatic carbocycles. The number of benzene rings is 1. The summed E-state index contributed by atoms with van der Waals surface area (Å²) in [5, 5.41) is 5.65. The molecule has 0 saturated heterocycles. The summed E-state index contributed by atoms with van der Waals surface area (Å²) in [4.78, 5) is 15.9. The fourth-order valence-electron chi connectivity index (χ4n) is 1.40. The summed E-state index contributed by atoms with van der Waals surface area (Å²) < 4.78 is 13.3. The average Bonchev–Trinajstić information content (AvgIpc) is 2.85. The third-order valence-electron chi connectivity index (χ3n) is 2.29. The zero-order chi connectivity index (χ0) is 13.0. The van der Waals surface area contributed by atoms with E-state index >= 15 is 0 Å². The van der Waals surface area contributed by atoms with E-state index < -0.39 is 0 Å². The largest absolute Gasteiger partial charge is 0.352 e. The van der Waals surface area contributed by atoms with E-state index in [1.807, 2.05) is 5.38 Å². The van der Waals surface area contributed by atoms with Crippen molar-refractivity contribution in [1.29, 1.82) is 0 Å². The lowest BCUT2D eigenvalue weighted by Gasteiger charge is -2.04. The topological polar surface area (TPSA) is 42.0 Å². The van der Waals surface area contributed by atoms with Crippen LogP contribution in [0.3, 0.4) is 0 Å². The molecule has 0 spiro atoms. The van der Waals surface area contributed by atoms with Crippen LogP contribution in [0.5, 0.6) is 0 Å². The van der Waals surface area contributed by atoms with Gasteiger partial charge in [-0.1, -0.05) is 0 Å². The number of amides is 1. The summed E-state index contributed by atoms with van der Waals surface area (Å²) >= 11 is 4.61. The molecule has 0 unspecified atom stereocenters. The summed E-state index contributed by atoms with van der Waals surface area (Å²) in [6.45, 7) is 0.515. The van der Waals surface area contributed by atoms with Gasteiger partial charge in [0, 0.05) is 30.1 Å². The number of rotatable bonds is 4. The summed E-state index contributed by atoms with van der Waals surface area (Å²) in [5.41, 5.74) is 0.433. The maximum atomic E-state index is 13.0. The second kappa shape index (κ2) is 6.06. The Morgan fingerprint density at radius 3 is 3.00 bits per heavy atom. The Bertz CT molecular complexity index is 545. The van der Waals surface area contributed by atoms with Gasteiger partial charge in [-0.2, -0.15) is 0 Å². The Hall–Kier alpha value is -1.27. The molecule has 3 nitrogen and oxygen atoms in total. The normalized spacial score (nSPS) is 10.3. The van der Waals surface area contributed by atoms with E-state index in [0.29, 0.717) is 18.5 Å². The maximum Gasteiger partial charge on any atom is 0.251 e. The first-order valence-corrected chi connectivity index (χ1v) is 6.95. The van der Waals surface area contributed by atoms with Crippen molar-refractivity contribution in [3.63, 3.8) is 0 Å². The molecule has 0 aliphatic heterocycles. The van der Waals surface area contributed by atoms with Gasteiger partial charge >= 0.3 is 0 Å². The van der Waals surface area contributed by atoms with Crippen molar-refractivity contribution >= 4 is 33.2 Å². The molecule has 0 saturated carbocycles. The van der Waals surface area contributed by atoms with Crippen LogP contribution >= 0.6 is 27.3 Å². The molecule has 6 heteroatoms. The van der Waals surface area contributed by atoms with E-state index in [2.05, 4.69) is 26.2 Å². The first-order chi connectivity index (χ1) is 8.66. The first-order valence-electron chi connectivity index (χ1n) is 5.28. The highest BCUT2D eigenvalue weighted by molar-refractivity contribution is 9.10. The van der Waals surface area contributed by atoms with Crippen LogP contribution in [-0.4, -0.2) is 17.4 Å². The molecule has 0 radical (unpaired) electrons. The molecule has 1 N–H and O–H groups in total. The zero-order valence-electron chi connectivity index (χ0n) is 9.32. The molecular weight excluding hydrogens is 319 g/mol.